The molecule has 0 atom stereocenters. The van der Waals surface area contributed by atoms with Crippen LogP contribution in [-0.4, -0.2) is 80.1 Å². The number of β-amino-alcohol motifs (C(OH)–C–C–N with tert-alkyl or cyclic N) is 1. The second kappa shape index (κ2) is 7.87. The van der Waals surface area contributed by atoms with Crippen LogP contribution in [0.4, 0.5) is 11.4 Å². The summed E-state index contributed by atoms with van der Waals surface area (Å²) in [5, 5.41) is 20.2. The van der Waals surface area contributed by atoms with E-state index in [1.165, 1.54) is 16.4 Å². The minimum Gasteiger partial charge on any atom is -0.395 e. The highest BCUT2D eigenvalue weighted by Crippen LogP contribution is 2.33. The molecular formula is C16H24N4O5S. The lowest BCUT2D eigenvalue weighted by Crippen LogP contribution is -2.47. The number of non-ortho nitro benzene ring substituents is 1. The molecule has 2 aliphatic heterocycles. The first-order valence-electron chi connectivity index (χ1n) is 8.80. The van der Waals surface area contributed by atoms with Gasteiger partial charge < -0.3 is 10.0 Å². The smallest absolute Gasteiger partial charge is 0.270 e. The monoisotopic (exact) mass is 384 g/mol. The van der Waals surface area contributed by atoms with Crippen molar-refractivity contribution in [2.45, 2.75) is 17.7 Å². The molecule has 144 valence electrons. The standard InChI is InChI=1S/C16H24N4O5S/c21-12-11-17-7-9-18(10-8-17)15-4-3-14(20(22)23)13-16(15)26(24,25)19-5-1-2-6-19/h3-4,13,21H,1-2,5-12H2. The average Bonchev–Trinajstić information content (AvgIpc) is 3.18. The molecular weight excluding hydrogens is 360 g/mol. The Bertz CT molecular complexity index is 756. The van der Waals surface area contributed by atoms with E-state index in [1.54, 1.807) is 6.07 Å². The van der Waals surface area contributed by atoms with Crippen LogP contribution < -0.4 is 4.90 Å². The zero-order chi connectivity index (χ0) is 18.7. The average molecular weight is 384 g/mol. The van der Waals surface area contributed by atoms with Gasteiger partial charge in [0.05, 0.1) is 17.2 Å². The summed E-state index contributed by atoms with van der Waals surface area (Å²) < 4.78 is 27.6. The van der Waals surface area contributed by atoms with Crippen LogP contribution in [-0.2, 0) is 10.0 Å². The molecule has 2 aliphatic rings. The van der Waals surface area contributed by atoms with Crippen LogP contribution in [0.2, 0.25) is 0 Å². The van der Waals surface area contributed by atoms with Crippen LogP contribution in [0.5, 0.6) is 0 Å². The van der Waals surface area contributed by atoms with Gasteiger partial charge in [0.2, 0.25) is 10.0 Å². The molecule has 0 aromatic heterocycles. The number of nitro benzene ring substituents is 1. The molecule has 0 amide bonds. The number of nitrogens with zero attached hydrogens (tertiary/aromatic N) is 4. The van der Waals surface area contributed by atoms with Crippen molar-refractivity contribution >= 4 is 21.4 Å². The summed E-state index contributed by atoms with van der Waals surface area (Å²) >= 11 is 0. The molecule has 2 saturated heterocycles. The van der Waals surface area contributed by atoms with Crippen molar-refractivity contribution < 1.29 is 18.4 Å². The number of hydrogen-bond donors (Lipinski definition) is 1. The first-order chi connectivity index (χ1) is 12.4. The Morgan fingerprint density at radius 1 is 1.08 bits per heavy atom. The van der Waals surface area contributed by atoms with Gasteiger partial charge in [-0.05, 0) is 18.9 Å². The molecule has 2 heterocycles. The second-order valence-corrected chi connectivity index (χ2v) is 8.48. The maximum atomic E-state index is 13.1. The van der Waals surface area contributed by atoms with E-state index in [0.29, 0.717) is 51.5 Å². The van der Waals surface area contributed by atoms with Crippen molar-refractivity contribution in [2.24, 2.45) is 0 Å². The summed E-state index contributed by atoms with van der Waals surface area (Å²) in [5.41, 5.74) is 0.302. The van der Waals surface area contributed by atoms with Crippen LogP contribution in [0.25, 0.3) is 0 Å². The molecule has 1 N–H and O–H groups in total. The summed E-state index contributed by atoms with van der Waals surface area (Å²) in [5.74, 6) is 0. The second-order valence-electron chi connectivity index (χ2n) is 6.57. The molecule has 26 heavy (non-hydrogen) atoms. The van der Waals surface area contributed by atoms with Gasteiger partial charge in [-0.25, -0.2) is 8.42 Å². The molecule has 1 aromatic rings. The Kier molecular flexibility index (Phi) is 5.76. The molecule has 0 radical (unpaired) electrons. The van der Waals surface area contributed by atoms with Gasteiger partial charge in [-0.2, -0.15) is 4.31 Å². The van der Waals surface area contributed by atoms with Gasteiger partial charge >= 0.3 is 0 Å². The number of hydrogen-bond acceptors (Lipinski definition) is 7. The highest BCUT2D eigenvalue weighted by molar-refractivity contribution is 7.89. The minimum atomic E-state index is -3.76. The third-order valence-electron chi connectivity index (χ3n) is 4.97. The predicted molar refractivity (Wildman–Crippen MR) is 96.8 cm³/mol. The van der Waals surface area contributed by atoms with E-state index in [9.17, 15) is 18.5 Å². The maximum Gasteiger partial charge on any atom is 0.270 e. The molecule has 2 fully saturated rings. The van der Waals surface area contributed by atoms with Crippen LogP contribution in [0, 0.1) is 10.1 Å². The van der Waals surface area contributed by atoms with Crippen molar-refractivity contribution in [3.8, 4) is 0 Å². The topological polar surface area (TPSA) is 107 Å². The highest BCUT2D eigenvalue weighted by atomic mass is 32.2. The van der Waals surface area contributed by atoms with Gasteiger partial charge in [-0.15, -0.1) is 0 Å². The molecule has 0 unspecified atom stereocenters. The third-order valence-corrected chi connectivity index (χ3v) is 6.89. The predicted octanol–water partition coefficient (Wildman–Crippen LogP) is 0.494. The zero-order valence-electron chi connectivity index (χ0n) is 14.6. The number of nitro groups is 1. The fraction of sp³-hybridized carbons (Fsp3) is 0.625. The Morgan fingerprint density at radius 3 is 2.31 bits per heavy atom. The van der Waals surface area contributed by atoms with E-state index < -0.39 is 14.9 Å². The van der Waals surface area contributed by atoms with Crippen molar-refractivity contribution in [3.63, 3.8) is 0 Å². The number of aliphatic hydroxyl groups excluding tert-OH is 1. The van der Waals surface area contributed by atoms with E-state index >= 15 is 0 Å². The number of benzene rings is 1. The molecule has 3 rings (SSSR count). The summed E-state index contributed by atoms with van der Waals surface area (Å²) in [6, 6.07) is 4.09. The largest absolute Gasteiger partial charge is 0.395 e. The summed E-state index contributed by atoms with van der Waals surface area (Å²) in [4.78, 5) is 14.7. The van der Waals surface area contributed by atoms with Crippen LogP contribution in [0.3, 0.4) is 0 Å². The van der Waals surface area contributed by atoms with Crippen molar-refractivity contribution in [1.29, 1.82) is 0 Å². The normalized spacial score (nSPS) is 19.8. The summed E-state index contributed by atoms with van der Waals surface area (Å²) in [6.45, 7) is 4.23. The Morgan fingerprint density at radius 2 is 1.73 bits per heavy atom. The maximum absolute atomic E-state index is 13.1. The van der Waals surface area contributed by atoms with E-state index in [-0.39, 0.29) is 17.2 Å². The lowest BCUT2D eigenvalue weighted by atomic mass is 10.2. The fourth-order valence-corrected chi connectivity index (χ4v) is 5.25. The molecule has 0 saturated carbocycles. The van der Waals surface area contributed by atoms with Crippen LogP contribution in [0.1, 0.15) is 12.8 Å². The van der Waals surface area contributed by atoms with E-state index in [2.05, 4.69) is 4.90 Å². The Hall–Kier alpha value is -1.75. The van der Waals surface area contributed by atoms with Gasteiger partial charge in [-0.1, -0.05) is 0 Å². The minimum absolute atomic E-state index is 0.0178. The first kappa shape index (κ1) is 19.0. The van der Waals surface area contributed by atoms with Gasteiger partial charge in [0, 0.05) is 57.9 Å². The molecule has 0 bridgehead atoms. The number of sulfonamides is 1. The highest BCUT2D eigenvalue weighted by Gasteiger charge is 2.33. The first-order valence-corrected chi connectivity index (χ1v) is 10.2. The van der Waals surface area contributed by atoms with Gasteiger partial charge in [0.1, 0.15) is 4.90 Å². The van der Waals surface area contributed by atoms with Crippen LogP contribution in [0.15, 0.2) is 23.1 Å². The third kappa shape index (κ3) is 3.83. The van der Waals surface area contributed by atoms with Gasteiger partial charge in [-0.3, -0.25) is 15.0 Å². The summed E-state index contributed by atoms with van der Waals surface area (Å²) in [6.07, 6.45) is 1.62. The number of rotatable bonds is 6. The van der Waals surface area contributed by atoms with Crippen molar-refractivity contribution in [2.75, 3.05) is 57.3 Å². The van der Waals surface area contributed by atoms with E-state index in [4.69, 9.17) is 5.11 Å². The van der Waals surface area contributed by atoms with Crippen molar-refractivity contribution in [1.82, 2.24) is 9.21 Å². The molecule has 1 aromatic carbocycles. The fourth-order valence-electron chi connectivity index (χ4n) is 3.51. The van der Waals surface area contributed by atoms with Gasteiger partial charge in [0.15, 0.2) is 0 Å². The summed E-state index contributed by atoms with van der Waals surface area (Å²) in [7, 11) is -3.76. The Balaban J connectivity index is 1.93. The molecule has 0 spiro atoms. The lowest BCUT2D eigenvalue weighted by molar-refractivity contribution is -0.385. The van der Waals surface area contributed by atoms with E-state index in [1.807, 2.05) is 4.90 Å². The number of anilines is 1. The SMILES string of the molecule is O=[N+]([O-])c1ccc(N2CCN(CCO)CC2)c(S(=O)(=O)N2CCCC2)c1. The van der Waals surface area contributed by atoms with Gasteiger partial charge in [0.25, 0.3) is 5.69 Å². The zero-order valence-corrected chi connectivity index (χ0v) is 15.4. The van der Waals surface area contributed by atoms with Crippen LogP contribution >= 0.6 is 0 Å². The quantitative estimate of drug-likeness (QED) is 0.562. The lowest BCUT2D eigenvalue weighted by Gasteiger charge is -2.36. The Labute approximate surface area is 153 Å². The molecule has 9 nitrogen and oxygen atoms in total. The van der Waals surface area contributed by atoms with Crippen molar-refractivity contribution in [3.05, 3.63) is 28.3 Å². The number of piperazine rings is 1. The molecule has 10 heteroatoms. The van der Waals surface area contributed by atoms with E-state index in [0.717, 1.165) is 12.8 Å². The molecule has 0 aliphatic carbocycles. The number of aliphatic hydroxyl groups is 1.